The third-order valence-corrected chi connectivity index (χ3v) is 4.61. The zero-order chi connectivity index (χ0) is 19.9. The van der Waals surface area contributed by atoms with E-state index in [1.54, 1.807) is 7.11 Å². The largest absolute Gasteiger partial charge is 0.496 e. The van der Waals surface area contributed by atoms with E-state index in [9.17, 15) is 4.79 Å². The molecule has 1 aromatic heterocycles. The Balaban J connectivity index is 1.56. The second-order valence-electron chi connectivity index (χ2n) is 6.58. The van der Waals surface area contributed by atoms with Crippen molar-refractivity contribution < 1.29 is 14.1 Å². The Morgan fingerprint density at radius 3 is 2.79 bits per heavy atom. The number of hydrogen-bond donors (Lipinski definition) is 1. The predicted molar refractivity (Wildman–Crippen MR) is 108 cm³/mol. The summed E-state index contributed by atoms with van der Waals surface area (Å²) >= 11 is 0. The molecule has 1 amide bonds. The van der Waals surface area contributed by atoms with Gasteiger partial charge in [-0.2, -0.15) is 4.98 Å². The maximum absolute atomic E-state index is 12.3. The first-order chi connectivity index (χ1) is 13.6. The molecule has 2 aromatic carbocycles. The molecule has 6 nitrogen and oxygen atoms in total. The minimum Gasteiger partial charge on any atom is -0.496 e. The highest BCUT2D eigenvalue weighted by atomic mass is 16.5. The van der Waals surface area contributed by atoms with Crippen LogP contribution in [0.4, 0.5) is 5.69 Å². The average Bonchev–Trinajstić information content (AvgIpc) is 3.18. The number of methoxy groups -OCH3 is 1. The molecule has 146 valence electrons. The molecule has 0 bridgehead atoms. The Labute approximate surface area is 164 Å². The van der Waals surface area contributed by atoms with Crippen molar-refractivity contribution >= 4 is 11.6 Å². The second kappa shape index (κ2) is 9.17. The quantitative estimate of drug-likeness (QED) is 0.620. The number of amides is 1. The number of carbonyl (C=O) groups is 1. The van der Waals surface area contributed by atoms with Gasteiger partial charge in [0.15, 0.2) is 0 Å². The molecular formula is C22H25N3O3. The van der Waals surface area contributed by atoms with E-state index in [1.807, 2.05) is 49.4 Å². The SMILES string of the molecule is CCc1cccc(C)c1NC(=O)CCCc1nc(-c2ccccc2OC)no1. The standard InChI is InChI=1S/C22H25N3O3/c1-4-16-10-7-9-15(2)21(16)23-19(26)13-8-14-20-24-22(25-28-20)17-11-5-6-12-18(17)27-3/h5-7,9-12H,4,8,13-14H2,1-3H3,(H,23,26). The molecule has 0 atom stereocenters. The van der Waals surface area contributed by atoms with Crippen LogP contribution in [0, 0.1) is 6.92 Å². The minimum atomic E-state index is -0.00605. The summed E-state index contributed by atoms with van der Waals surface area (Å²) in [4.78, 5) is 16.8. The van der Waals surface area contributed by atoms with Gasteiger partial charge in [0.25, 0.3) is 0 Å². The average molecular weight is 379 g/mol. The van der Waals surface area contributed by atoms with Gasteiger partial charge in [0, 0.05) is 18.5 Å². The minimum absolute atomic E-state index is 0.00605. The molecule has 0 saturated carbocycles. The van der Waals surface area contributed by atoms with E-state index in [4.69, 9.17) is 9.26 Å². The van der Waals surface area contributed by atoms with Crippen LogP contribution < -0.4 is 10.1 Å². The van der Waals surface area contributed by atoms with Gasteiger partial charge in [-0.1, -0.05) is 42.4 Å². The lowest BCUT2D eigenvalue weighted by Gasteiger charge is -2.12. The third-order valence-electron chi connectivity index (χ3n) is 4.61. The molecule has 0 aliphatic carbocycles. The number of rotatable bonds is 8. The maximum atomic E-state index is 12.3. The number of nitrogens with one attached hydrogen (secondary N) is 1. The summed E-state index contributed by atoms with van der Waals surface area (Å²) in [6.07, 6.45) is 2.45. The number of nitrogens with zero attached hydrogens (tertiary/aromatic N) is 2. The van der Waals surface area contributed by atoms with Crippen molar-refractivity contribution in [2.24, 2.45) is 0 Å². The maximum Gasteiger partial charge on any atom is 0.226 e. The molecule has 0 spiro atoms. The van der Waals surface area contributed by atoms with Crippen LogP contribution >= 0.6 is 0 Å². The fourth-order valence-electron chi connectivity index (χ4n) is 3.10. The second-order valence-corrected chi connectivity index (χ2v) is 6.58. The molecule has 0 saturated heterocycles. The van der Waals surface area contributed by atoms with Crippen molar-refractivity contribution in [2.45, 2.75) is 39.5 Å². The van der Waals surface area contributed by atoms with E-state index in [-0.39, 0.29) is 5.91 Å². The summed E-state index contributed by atoms with van der Waals surface area (Å²) in [6, 6.07) is 13.6. The molecular weight excluding hydrogens is 354 g/mol. The summed E-state index contributed by atoms with van der Waals surface area (Å²) in [7, 11) is 1.61. The Morgan fingerprint density at radius 1 is 1.18 bits per heavy atom. The number of para-hydroxylation sites is 2. The zero-order valence-corrected chi connectivity index (χ0v) is 16.5. The van der Waals surface area contributed by atoms with Crippen LogP contribution in [0.1, 0.15) is 36.8 Å². The Kier molecular flexibility index (Phi) is 6.42. The number of carbonyl (C=O) groups excluding carboxylic acids is 1. The molecule has 0 radical (unpaired) electrons. The van der Waals surface area contributed by atoms with Gasteiger partial charge in [-0.05, 0) is 43.0 Å². The van der Waals surface area contributed by atoms with Gasteiger partial charge in [0.2, 0.25) is 17.6 Å². The van der Waals surface area contributed by atoms with Gasteiger partial charge >= 0.3 is 0 Å². The normalized spacial score (nSPS) is 10.7. The molecule has 1 heterocycles. The molecule has 0 aliphatic rings. The Hall–Kier alpha value is -3.15. The highest BCUT2D eigenvalue weighted by Gasteiger charge is 2.14. The number of hydrogen-bond acceptors (Lipinski definition) is 5. The lowest BCUT2D eigenvalue weighted by molar-refractivity contribution is -0.116. The topological polar surface area (TPSA) is 77.2 Å². The molecule has 6 heteroatoms. The smallest absolute Gasteiger partial charge is 0.226 e. The van der Waals surface area contributed by atoms with Gasteiger partial charge in [-0.25, -0.2) is 0 Å². The van der Waals surface area contributed by atoms with Gasteiger partial charge < -0.3 is 14.6 Å². The van der Waals surface area contributed by atoms with E-state index in [2.05, 4.69) is 22.4 Å². The van der Waals surface area contributed by atoms with Crippen LogP contribution in [-0.4, -0.2) is 23.2 Å². The molecule has 0 fully saturated rings. The van der Waals surface area contributed by atoms with Crippen LogP contribution in [-0.2, 0) is 17.6 Å². The first-order valence-electron chi connectivity index (χ1n) is 9.46. The Bertz CT molecular complexity index is 950. The third kappa shape index (κ3) is 4.57. The van der Waals surface area contributed by atoms with Crippen molar-refractivity contribution in [3.63, 3.8) is 0 Å². The molecule has 0 aliphatic heterocycles. The molecule has 1 N–H and O–H groups in total. The van der Waals surface area contributed by atoms with Crippen LogP contribution in [0.15, 0.2) is 47.0 Å². The van der Waals surface area contributed by atoms with Crippen LogP contribution in [0.3, 0.4) is 0 Å². The first-order valence-corrected chi connectivity index (χ1v) is 9.46. The van der Waals surface area contributed by atoms with Gasteiger partial charge in [0.05, 0.1) is 12.7 Å². The van der Waals surface area contributed by atoms with E-state index in [0.717, 1.165) is 28.8 Å². The fourth-order valence-corrected chi connectivity index (χ4v) is 3.10. The number of ether oxygens (including phenoxy) is 1. The van der Waals surface area contributed by atoms with Gasteiger partial charge in [-0.3, -0.25) is 4.79 Å². The number of anilines is 1. The summed E-state index contributed by atoms with van der Waals surface area (Å²) in [5.41, 5.74) is 3.92. The van der Waals surface area contributed by atoms with E-state index < -0.39 is 0 Å². The van der Waals surface area contributed by atoms with E-state index in [0.29, 0.717) is 36.7 Å². The molecule has 3 aromatic rings. The van der Waals surface area contributed by atoms with Crippen LogP contribution in [0.2, 0.25) is 0 Å². The van der Waals surface area contributed by atoms with E-state index >= 15 is 0 Å². The summed E-state index contributed by atoms with van der Waals surface area (Å²) in [6.45, 7) is 4.09. The molecule has 28 heavy (non-hydrogen) atoms. The highest BCUT2D eigenvalue weighted by Crippen LogP contribution is 2.27. The lowest BCUT2D eigenvalue weighted by atomic mass is 10.1. The summed E-state index contributed by atoms with van der Waals surface area (Å²) < 4.78 is 10.7. The number of aromatic nitrogens is 2. The number of aryl methyl sites for hydroxylation is 3. The van der Waals surface area contributed by atoms with Crippen LogP contribution in [0.5, 0.6) is 5.75 Å². The molecule has 0 unspecified atom stereocenters. The fraction of sp³-hybridized carbons (Fsp3) is 0.318. The van der Waals surface area contributed by atoms with Crippen molar-refractivity contribution in [3.8, 4) is 17.1 Å². The van der Waals surface area contributed by atoms with Crippen molar-refractivity contribution in [1.29, 1.82) is 0 Å². The van der Waals surface area contributed by atoms with E-state index in [1.165, 1.54) is 0 Å². The zero-order valence-electron chi connectivity index (χ0n) is 16.5. The molecule has 3 rings (SSSR count). The first kappa shape index (κ1) is 19.6. The summed E-state index contributed by atoms with van der Waals surface area (Å²) in [5, 5.41) is 7.07. The van der Waals surface area contributed by atoms with Gasteiger partial charge in [-0.15, -0.1) is 0 Å². The van der Waals surface area contributed by atoms with Gasteiger partial charge in [0.1, 0.15) is 5.75 Å². The van der Waals surface area contributed by atoms with Crippen LogP contribution in [0.25, 0.3) is 11.4 Å². The monoisotopic (exact) mass is 379 g/mol. The van der Waals surface area contributed by atoms with Crippen molar-refractivity contribution in [3.05, 3.63) is 59.5 Å². The Morgan fingerprint density at radius 2 is 2.00 bits per heavy atom. The highest BCUT2D eigenvalue weighted by molar-refractivity contribution is 5.92. The predicted octanol–water partition coefficient (Wildman–Crippen LogP) is 4.58. The summed E-state index contributed by atoms with van der Waals surface area (Å²) in [5.74, 6) is 1.69. The number of benzene rings is 2. The van der Waals surface area contributed by atoms with Crippen molar-refractivity contribution in [2.75, 3.05) is 12.4 Å². The lowest BCUT2D eigenvalue weighted by Crippen LogP contribution is -2.14. The van der Waals surface area contributed by atoms with Crippen molar-refractivity contribution in [1.82, 2.24) is 10.1 Å².